The highest BCUT2D eigenvalue weighted by molar-refractivity contribution is 5.85. The number of carbonyl (C=O) groups excluding carboxylic acids is 1. The third-order valence-corrected chi connectivity index (χ3v) is 4.03. The summed E-state index contributed by atoms with van der Waals surface area (Å²) in [6.45, 7) is 3.35. The number of fused-ring (bicyclic) bond motifs is 1. The van der Waals surface area contributed by atoms with E-state index in [1.807, 2.05) is 6.07 Å². The first-order valence-electron chi connectivity index (χ1n) is 7.70. The van der Waals surface area contributed by atoms with Gasteiger partial charge in [0.1, 0.15) is 0 Å². The van der Waals surface area contributed by atoms with Crippen molar-refractivity contribution < 1.29 is 4.79 Å². The molecule has 3 heterocycles. The maximum absolute atomic E-state index is 12.1. The van der Waals surface area contributed by atoms with Crippen LogP contribution in [0.3, 0.4) is 0 Å². The average Bonchev–Trinajstić information content (AvgIpc) is 2.82. The van der Waals surface area contributed by atoms with Gasteiger partial charge in [0.2, 0.25) is 5.91 Å². The highest BCUT2D eigenvalue weighted by atomic mass is 35.5. The van der Waals surface area contributed by atoms with Crippen LogP contribution in [-0.2, 0) is 11.3 Å². The molecular weight excluding hydrogens is 318 g/mol. The van der Waals surface area contributed by atoms with E-state index in [4.69, 9.17) is 0 Å². The van der Waals surface area contributed by atoms with Crippen LogP contribution in [0.2, 0.25) is 0 Å². The molecule has 2 N–H and O–H groups in total. The summed E-state index contributed by atoms with van der Waals surface area (Å²) in [4.78, 5) is 24.1. The predicted molar refractivity (Wildman–Crippen MR) is 89.9 cm³/mol. The molecule has 0 saturated carbocycles. The van der Waals surface area contributed by atoms with Gasteiger partial charge in [-0.3, -0.25) is 9.20 Å². The number of aromatic nitrogens is 3. The molecule has 0 aromatic carbocycles. The molecule has 1 fully saturated rings. The average molecular weight is 340 g/mol. The van der Waals surface area contributed by atoms with Crippen LogP contribution < -0.4 is 16.3 Å². The minimum Gasteiger partial charge on any atom is -0.353 e. The van der Waals surface area contributed by atoms with Crippen molar-refractivity contribution >= 4 is 24.0 Å². The van der Waals surface area contributed by atoms with Crippen molar-refractivity contribution in [3.8, 4) is 0 Å². The lowest BCUT2D eigenvalue weighted by atomic mass is 10.0. The number of hydrogen-bond donors (Lipinski definition) is 2. The maximum Gasteiger partial charge on any atom is 0.350 e. The van der Waals surface area contributed by atoms with E-state index in [0.29, 0.717) is 18.2 Å². The summed E-state index contributed by atoms with van der Waals surface area (Å²) in [5.41, 5.74) is 0.388. The van der Waals surface area contributed by atoms with Gasteiger partial charge in [-0.25, -0.2) is 9.48 Å². The van der Waals surface area contributed by atoms with Gasteiger partial charge in [0.25, 0.3) is 0 Å². The van der Waals surface area contributed by atoms with Gasteiger partial charge in [-0.2, -0.15) is 0 Å². The van der Waals surface area contributed by atoms with Crippen molar-refractivity contribution in [2.45, 2.75) is 44.8 Å². The third kappa shape index (κ3) is 4.11. The second-order valence-corrected chi connectivity index (χ2v) is 5.83. The molecule has 2 unspecified atom stereocenters. The van der Waals surface area contributed by atoms with Crippen molar-refractivity contribution in [2.24, 2.45) is 0 Å². The number of amides is 1. The third-order valence-electron chi connectivity index (χ3n) is 4.03. The Bertz CT molecular complexity index is 726. The van der Waals surface area contributed by atoms with E-state index in [0.717, 1.165) is 19.4 Å². The molecule has 1 amide bonds. The summed E-state index contributed by atoms with van der Waals surface area (Å²) in [5, 5.41) is 10.6. The Morgan fingerprint density at radius 3 is 3.04 bits per heavy atom. The lowest BCUT2D eigenvalue weighted by molar-refractivity contribution is -0.122. The van der Waals surface area contributed by atoms with Crippen molar-refractivity contribution in [1.29, 1.82) is 0 Å². The number of nitrogens with zero attached hydrogens (tertiary/aromatic N) is 3. The van der Waals surface area contributed by atoms with Crippen molar-refractivity contribution in [3.63, 3.8) is 0 Å². The first kappa shape index (κ1) is 17.5. The molecule has 2 aromatic heterocycles. The minimum absolute atomic E-state index is 0. The normalized spacial score (nSPS) is 20.9. The molecule has 0 aliphatic carbocycles. The van der Waals surface area contributed by atoms with Crippen molar-refractivity contribution in [2.75, 3.05) is 6.54 Å². The second-order valence-electron chi connectivity index (χ2n) is 5.83. The zero-order valence-electron chi connectivity index (χ0n) is 13.1. The van der Waals surface area contributed by atoms with Crippen LogP contribution in [-0.4, -0.2) is 38.7 Å². The molecule has 0 spiro atoms. The summed E-state index contributed by atoms with van der Waals surface area (Å²) in [6.07, 6.45) is 3.84. The van der Waals surface area contributed by atoms with Crippen LogP contribution in [0, 0.1) is 0 Å². The van der Waals surface area contributed by atoms with Crippen LogP contribution in [0.25, 0.3) is 5.65 Å². The van der Waals surface area contributed by atoms with E-state index < -0.39 is 0 Å². The fraction of sp³-hybridized carbons (Fsp3) is 0.533. The largest absolute Gasteiger partial charge is 0.353 e. The molecule has 126 valence electrons. The van der Waals surface area contributed by atoms with Gasteiger partial charge >= 0.3 is 5.69 Å². The first-order valence-corrected chi connectivity index (χ1v) is 7.70. The Hall–Kier alpha value is -1.86. The van der Waals surface area contributed by atoms with E-state index in [-0.39, 0.29) is 36.5 Å². The Morgan fingerprint density at radius 1 is 1.48 bits per heavy atom. The van der Waals surface area contributed by atoms with Gasteiger partial charge < -0.3 is 10.6 Å². The predicted octanol–water partition coefficient (Wildman–Crippen LogP) is 0.565. The Labute approximate surface area is 140 Å². The van der Waals surface area contributed by atoms with E-state index in [2.05, 4.69) is 22.7 Å². The van der Waals surface area contributed by atoms with E-state index in [1.54, 1.807) is 18.3 Å². The van der Waals surface area contributed by atoms with Gasteiger partial charge in [-0.15, -0.1) is 17.5 Å². The summed E-state index contributed by atoms with van der Waals surface area (Å²) < 4.78 is 2.83. The number of nitrogens with one attached hydrogen (secondary N) is 2. The fourth-order valence-electron chi connectivity index (χ4n) is 2.88. The van der Waals surface area contributed by atoms with Gasteiger partial charge in [0, 0.05) is 24.7 Å². The van der Waals surface area contributed by atoms with Crippen molar-refractivity contribution in [3.05, 3.63) is 34.9 Å². The Morgan fingerprint density at radius 2 is 2.30 bits per heavy atom. The molecule has 2 atom stereocenters. The Kier molecular flexibility index (Phi) is 5.79. The van der Waals surface area contributed by atoms with E-state index >= 15 is 0 Å². The zero-order valence-corrected chi connectivity index (χ0v) is 13.9. The maximum atomic E-state index is 12.1. The lowest BCUT2D eigenvalue weighted by Gasteiger charge is -2.28. The van der Waals surface area contributed by atoms with Crippen LogP contribution in [0.15, 0.2) is 29.2 Å². The molecule has 23 heavy (non-hydrogen) atoms. The minimum atomic E-state index is -0.209. The van der Waals surface area contributed by atoms with Crippen LogP contribution in [0.1, 0.15) is 26.2 Å². The van der Waals surface area contributed by atoms with Gasteiger partial charge in [-0.05, 0) is 38.4 Å². The topological polar surface area (TPSA) is 80.4 Å². The molecule has 1 aliphatic rings. The van der Waals surface area contributed by atoms with Gasteiger partial charge in [-0.1, -0.05) is 6.07 Å². The molecule has 0 radical (unpaired) electrons. The molecule has 1 aliphatic heterocycles. The van der Waals surface area contributed by atoms with Gasteiger partial charge in [0.05, 0.1) is 6.54 Å². The smallest absolute Gasteiger partial charge is 0.350 e. The molecular formula is C15H22ClN5O2. The fourth-order valence-corrected chi connectivity index (χ4v) is 2.88. The molecule has 0 bridgehead atoms. The highest BCUT2D eigenvalue weighted by Gasteiger charge is 2.19. The number of rotatable bonds is 4. The summed E-state index contributed by atoms with van der Waals surface area (Å²) in [7, 11) is 0. The molecule has 1 saturated heterocycles. The quantitative estimate of drug-likeness (QED) is 0.853. The first-order chi connectivity index (χ1) is 10.6. The van der Waals surface area contributed by atoms with Crippen molar-refractivity contribution in [1.82, 2.24) is 24.8 Å². The SMILES string of the molecule is CC1CC(NC(=O)CCn2nc3ccccn3c2=O)CCN1.Cl. The van der Waals surface area contributed by atoms with Crippen LogP contribution >= 0.6 is 12.4 Å². The number of piperidine rings is 1. The Balaban J connectivity index is 0.00000192. The van der Waals surface area contributed by atoms with E-state index in [9.17, 15) is 9.59 Å². The molecule has 7 nitrogen and oxygen atoms in total. The van der Waals surface area contributed by atoms with Gasteiger partial charge in [0.15, 0.2) is 5.65 Å². The van der Waals surface area contributed by atoms with E-state index in [1.165, 1.54) is 9.08 Å². The second kappa shape index (κ2) is 7.61. The van der Waals surface area contributed by atoms with Crippen LogP contribution in [0.4, 0.5) is 0 Å². The summed E-state index contributed by atoms with van der Waals surface area (Å²) in [6, 6.07) is 6.04. The summed E-state index contributed by atoms with van der Waals surface area (Å²) >= 11 is 0. The summed E-state index contributed by atoms with van der Waals surface area (Å²) in [5.74, 6) is -0.0249. The zero-order chi connectivity index (χ0) is 15.5. The number of hydrogen-bond acceptors (Lipinski definition) is 4. The molecule has 8 heteroatoms. The number of carbonyl (C=O) groups is 1. The highest BCUT2D eigenvalue weighted by Crippen LogP contribution is 2.08. The monoisotopic (exact) mass is 339 g/mol. The standard InChI is InChI=1S/C15H21N5O2.ClH/c1-11-10-12(5-7-16-11)17-14(21)6-9-20-15(22)19-8-3-2-4-13(19)18-20;/h2-4,8,11-12,16H,5-7,9-10H2,1H3,(H,17,21);1H. The number of pyridine rings is 1. The number of halogens is 1. The lowest BCUT2D eigenvalue weighted by Crippen LogP contribution is -2.46. The number of aryl methyl sites for hydroxylation is 1. The molecule has 2 aromatic rings. The molecule has 3 rings (SSSR count). The van der Waals surface area contributed by atoms with Crippen LogP contribution in [0.5, 0.6) is 0 Å².